The van der Waals surface area contributed by atoms with Crippen LogP contribution < -0.4 is 4.74 Å². The first kappa shape index (κ1) is 14.3. The third-order valence-corrected chi connectivity index (χ3v) is 3.32. The fraction of sp³-hybridized carbons (Fsp3) is 0.235. The summed E-state index contributed by atoms with van der Waals surface area (Å²) in [5.41, 5.74) is 2.15. The molecule has 5 nitrogen and oxygen atoms in total. The molecule has 1 aromatic carbocycles. The first-order chi connectivity index (χ1) is 10.7. The van der Waals surface area contributed by atoms with Gasteiger partial charge in [-0.15, -0.1) is 0 Å². The molecule has 0 unspecified atom stereocenters. The molecule has 0 amide bonds. The molecule has 3 rings (SSSR count). The summed E-state index contributed by atoms with van der Waals surface area (Å²) in [7, 11) is 0. The van der Waals surface area contributed by atoms with Crippen LogP contribution >= 0.6 is 0 Å². The number of ether oxygens (including phenoxy) is 1. The van der Waals surface area contributed by atoms with E-state index in [0.29, 0.717) is 17.6 Å². The molecule has 2 aromatic heterocycles. The Morgan fingerprint density at radius 2 is 1.77 bits per heavy atom. The van der Waals surface area contributed by atoms with E-state index in [1.807, 2.05) is 24.3 Å². The summed E-state index contributed by atoms with van der Waals surface area (Å²) < 4.78 is 10.9. The molecule has 0 fully saturated rings. The minimum Gasteiger partial charge on any atom is -0.484 e. The standard InChI is InChI=1S/C17H17N3O2/c1-12(2)13-3-5-15(6-4-13)21-11-16-19-17(20-22-16)14-7-9-18-10-8-14/h3-10,12H,11H2,1-2H3. The Morgan fingerprint density at radius 3 is 2.45 bits per heavy atom. The average molecular weight is 295 g/mol. The maximum atomic E-state index is 5.67. The molecule has 0 spiro atoms. The lowest BCUT2D eigenvalue weighted by Crippen LogP contribution is -1.96. The Hall–Kier alpha value is -2.69. The van der Waals surface area contributed by atoms with Crippen molar-refractivity contribution in [3.05, 3.63) is 60.2 Å². The number of nitrogens with zero attached hydrogens (tertiary/aromatic N) is 3. The fourth-order valence-electron chi connectivity index (χ4n) is 2.03. The van der Waals surface area contributed by atoms with Gasteiger partial charge in [-0.3, -0.25) is 4.98 Å². The van der Waals surface area contributed by atoms with E-state index in [2.05, 4.69) is 41.1 Å². The van der Waals surface area contributed by atoms with Crippen molar-refractivity contribution in [1.29, 1.82) is 0 Å². The monoisotopic (exact) mass is 295 g/mol. The minimum absolute atomic E-state index is 0.249. The molecule has 0 aliphatic rings. The van der Waals surface area contributed by atoms with E-state index in [1.54, 1.807) is 12.4 Å². The van der Waals surface area contributed by atoms with Gasteiger partial charge in [-0.1, -0.05) is 31.1 Å². The molecule has 2 heterocycles. The summed E-state index contributed by atoms with van der Waals surface area (Å²) in [6.07, 6.45) is 3.39. The van der Waals surface area contributed by atoms with Crippen molar-refractivity contribution in [2.24, 2.45) is 0 Å². The van der Waals surface area contributed by atoms with E-state index in [1.165, 1.54) is 5.56 Å². The third kappa shape index (κ3) is 3.31. The smallest absolute Gasteiger partial charge is 0.264 e. The second-order valence-corrected chi connectivity index (χ2v) is 5.26. The highest BCUT2D eigenvalue weighted by molar-refractivity contribution is 5.52. The van der Waals surface area contributed by atoms with Gasteiger partial charge in [-0.25, -0.2) is 0 Å². The molecule has 112 valence electrons. The predicted molar refractivity (Wildman–Crippen MR) is 82.4 cm³/mol. The van der Waals surface area contributed by atoms with Gasteiger partial charge in [0.15, 0.2) is 6.61 Å². The Balaban J connectivity index is 1.63. The minimum atomic E-state index is 0.249. The Morgan fingerprint density at radius 1 is 1.05 bits per heavy atom. The van der Waals surface area contributed by atoms with Gasteiger partial charge in [-0.2, -0.15) is 4.98 Å². The van der Waals surface area contributed by atoms with Gasteiger partial charge in [0, 0.05) is 18.0 Å². The second-order valence-electron chi connectivity index (χ2n) is 5.26. The average Bonchev–Trinajstić information content (AvgIpc) is 3.03. The lowest BCUT2D eigenvalue weighted by Gasteiger charge is -2.07. The SMILES string of the molecule is CC(C)c1ccc(OCc2nc(-c3ccncc3)no2)cc1. The summed E-state index contributed by atoms with van der Waals surface area (Å²) in [5.74, 6) is 2.27. The van der Waals surface area contributed by atoms with Crippen LogP contribution in [0.1, 0.15) is 31.2 Å². The zero-order valence-corrected chi connectivity index (χ0v) is 12.6. The number of pyridine rings is 1. The zero-order chi connectivity index (χ0) is 15.4. The van der Waals surface area contributed by atoms with Gasteiger partial charge >= 0.3 is 0 Å². The highest BCUT2D eigenvalue weighted by Gasteiger charge is 2.09. The van der Waals surface area contributed by atoms with Crippen molar-refractivity contribution < 1.29 is 9.26 Å². The predicted octanol–water partition coefficient (Wildman–Crippen LogP) is 3.83. The highest BCUT2D eigenvalue weighted by atomic mass is 16.5. The van der Waals surface area contributed by atoms with Crippen LogP contribution in [0.2, 0.25) is 0 Å². The highest BCUT2D eigenvalue weighted by Crippen LogP contribution is 2.20. The lowest BCUT2D eigenvalue weighted by molar-refractivity contribution is 0.243. The number of aromatic nitrogens is 3. The second kappa shape index (κ2) is 6.39. The van der Waals surface area contributed by atoms with Gasteiger partial charge in [0.25, 0.3) is 5.89 Å². The first-order valence-corrected chi connectivity index (χ1v) is 7.18. The molecule has 5 heteroatoms. The molecule has 0 bridgehead atoms. The zero-order valence-electron chi connectivity index (χ0n) is 12.6. The summed E-state index contributed by atoms with van der Waals surface area (Å²) in [6, 6.07) is 11.7. The quantitative estimate of drug-likeness (QED) is 0.715. The Kier molecular flexibility index (Phi) is 4.14. The third-order valence-electron chi connectivity index (χ3n) is 3.32. The van der Waals surface area contributed by atoms with Gasteiger partial charge in [0.2, 0.25) is 5.82 Å². The molecule has 0 saturated carbocycles. The Bertz CT molecular complexity index is 721. The molecule has 0 aliphatic heterocycles. The van der Waals surface area contributed by atoms with Crippen LogP contribution in [0.25, 0.3) is 11.4 Å². The molecule has 0 radical (unpaired) electrons. The van der Waals surface area contributed by atoms with Crippen molar-refractivity contribution in [3.63, 3.8) is 0 Å². The lowest BCUT2D eigenvalue weighted by atomic mass is 10.0. The molecule has 3 aromatic rings. The van der Waals surface area contributed by atoms with Gasteiger partial charge < -0.3 is 9.26 Å². The Labute approximate surface area is 129 Å². The van der Waals surface area contributed by atoms with Gasteiger partial charge in [-0.05, 0) is 35.7 Å². The van der Waals surface area contributed by atoms with Crippen LogP contribution in [0.15, 0.2) is 53.3 Å². The largest absolute Gasteiger partial charge is 0.484 e. The van der Waals surface area contributed by atoms with Gasteiger partial charge in [0.05, 0.1) is 0 Å². The van der Waals surface area contributed by atoms with E-state index >= 15 is 0 Å². The molecule has 22 heavy (non-hydrogen) atoms. The van der Waals surface area contributed by atoms with E-state index in [9.17, 15) is 0 Å². The topological polar surface area (TPSA) is 61.0 Å². The maximum Gasteiger partial charge on any atom is 0.264 e. The van der Waals surface area contributed by atoms with Crippen molar-refractivity contribution in [3.8, 4) is 17.1 Å². The molecule has 0 N–H and O–H groups in total. The molecule has 0 aliphatic carbocycles. The van der Waals surface area contributed by atoms with Crippen LogP contribution in [0.5, 0.6) is 5.75 Å². The number of benzene rings is 1. The van der Waals surface area contributed by atoms with E-state index in [0.717, 1.165) is 11.3 Å². The van der Waals surface area contributed by atoms with E-state index < -0.39 is 0 Å². The molecular formula is C17H17N3O2. The van der Waals surface area contributed by atoms with Crippen molar-refractivity contribution in [1.82, 2.24) is 15.1 Å². The number of hydrogen-bond acceptors (Lipinski definition) is 5. The van der Waals surface area contributed by atoms with Crippen LogP contribution in [-0.2, 0) is 6.61 Å². The fourth-order valence-corrected chi connectivity index (χ4v) is 2.03. The molecule has 0 saturated heterocycles. The number of hydrogen-bond donors (Lipinski definition) is 0. The summed E-state index contributed by atoms with van der Waals surface area (Å²) >= 11 is 0. The normalized spacial score (nSPS) is 10.9. The summed E-state index contributed by atoms with van der Waals surface area (Å²) in [5, 5.41) is 3.94. The maximum absolute atomic E-state index is 5.67. The van der Waals surface area contributed by atoms with Crippen LogP contribution in [0.3, 0.4) is 0 Å². The van der Waals surface area contributed by atoms with Crippen LogP contribution in [-0.4, -0.2) is 15.1 Å². The summed E-state index contributed by atoms with van der Waals surface area (Å²) in [6.45, 7) is 4.57. The van der Waals surface area contributed by atoms with E-state index in [4.69, 9.17) is 9.26 Å². The van der Waals surface area contributed by atoms with Gasteiger partial charge in [0.1, 0.15) is 5.75 Å². The number of rotatable bonds is 5. The van der Waals surface area contributed by atoms with Crippen LogP contribution in [0, 0.1) is 0 Å². The van der Waals surface area contributed by atoms with Crippen molar-refractivity contribution in [2.45, 2.75) is 26.4 Å². The van der Waals surface area contributed by atoms with E-state index in [-0.39, 0.29) is 6.61 Å². The first-order valence-electron chi connectivity index (χ1n) is 7.18. The summed E-state index contributed by atoms with van der Waals surface area (Å²) in [4.78, 5) is 8.27. The van der Waals surface area contributed by atoms with Crippen LogP contribution in [0.4, 0.5) is 0 Å². The molecule has 0 atom stereocenters. The van der Waals surface area contributed by atoms with Crippen molar-refractivity contribution >= 4 is 0 Å². The molecular weight excluding hydrogens is 278 g/mol. The van der Waals surface area contributed by atoms with Crippen molar-refractivity contribution in [2.75, 3.05) is 0 Å².